The monoisotopic (exact) mass is 287 g/mol. The van der Waals surface area contributed by atoms with Crippen molar-refractivity contribution in [2.75, 3.05) is 53.0 Å². The highest BCUT2D eigenvalue weighted by molar-refractivity contribution is 7.80. The Morgan fingerprint density at radius 1 is 1.26 bits per heavy atom. The van der Waals surface area contributed by atoms with E-state index in [0.717, 1.165) is 52.3 Å². The summed E-state index contributed by atoms with van der Waals surface area (Å²) in [6, 6.07) is 0.199. The number of likely N-dealkylation sites (tertiary alicyclic amines) is 1. The number of ether oxygens (including phenoxy) is 1. The van der Waals surface area contributed by atoms with Crippen molar-refractivity contribution in [1.29, 1.82) is 0 Å². The average molecular weight is 287 g/mol. The molecule has 0 spiro atoms. The first kappa shape index (κ1) is 14.9. The predicted octanol–water partition coefficient (Wildman–Crippen LogP) is 0.968. The molecule has 0 saturated carbocycles. The summed E-state index contributed by atoms with van der Waals surface area (Å²) in [5, 5.41) is 0.273. The van der Waals surface area contributed by atoms with Gasteiger partial charge >= 0.3 is 6.03 Å². The highest BCUT2D eigenvalue weighted by Gasteiger charge is 2.31. The molecule has 0 aliphatic carbocycles. The first-order valence-corrected chi connectivity index (χ1v) is 7.58. The molecule has 5 nitrogen and oxygen atoms in total. The minimum Gasteiger partial charge on any atom is -0.384 e. The number of urea groups is 1. The highest BCUT2D eigenvalue weighted by Crippen LogP contribution is 2.19. The number of piperazine rings is 1. The summed E-state index contributed by atoms with van der Waals surface area (Å²) in [4.78, 5) is 18.6. The smallest absolute Gasteiger partial charge is 0.320 e. The Labute approximate surface area is 121 Å². The van der Waals surface area contributed by atoms with Gasteiger partial charge in [-0.1, -0.05) is 0 Å². The van der Waals surface area contributed by atoms with Gasteiger partial charge in [0.05, 0.1) is 12.0 Å². The zero-order valence-corrected chi connectivity index (χ0v) is 12.8. The van der Waals surface area contributed by atoms with Crippen LogP contribution in [0.25, 0.3) is 0 Å². The minimum atomic E-state index is 0.199. The number of nitrogens with zero attached hydrogens (tertiary/aromatic N) is 3. The van der Waals surface area contributed by atoms with E-state index in [1.54, 1.807) is 7.11 Å². The summed E-state index contributed by atoms with van der Waals surface area (Å²) < 4.78 is 5.17. The Morgan fingerprint density at radius 2 is 1.95 bits per heavy atom. The second kappa shape index (κ2) is 6.81. The van der Waals surface area contributed by atoms with Crippen LogP contribution in [0.4, 0.5) is 4.79 Å². The van der Waals surface area contributed by atoms with Gasteiger partial charge in [-0.15, -0.1) is 0 Å². The number of hydrogen-bond acceptors (Lipinski definition) is 4. The van der Waals surface area contributed by atoms with Gasteiger partial charge in [0.2, 0.25) is 0 Å². The molecular weight excluding hydrogens is 262 g/mol. The number of rotatable bonds is 3. The SMILES string of the molecule is COCC1CCN(C(=O)N2CCN(C(C)S)CC2)C1. The number of amides is 2. The standard InChI is InChI=1S/C13H25N3O2S/c1-11(19)14-5-7-15(8-6-14)13(17)16-4-3-12(9-16)10-18-2/h11-12,19H,3-10H2,1-2H3. The second-order valence-corrected chi connectivity index (χ2v) is 6.24. The second-order valence-electron chi connectivity index (χ2n) is 5.49. The largest absolute Gasteiger partial charge is 0.384 e. The Morgan fingerprint density at radius 3 is 2.53 bits per heavy atom. The van der Waals surface area contributed by atoms with E-state index < -0.39 is 0 Å². The fraction of sp³-hybridized carbons (Fsp3) is 0.923. The summed E-state index contributed by atoms with van der Waals surface area (Å²) >= 11 is 4.44. The normalized spacial score (nSPS) is 26.8. The van der Waals surface area contributed by atoms with Crippen molar-refractivity contribution < 1.29 is 9.53 Å². The van der Waals surface area contributed by atoms with E-state index in [2.05, 4.69) is 24.5 Å². The quantitative estimate of drug-likeness (QED) is 0.786. The number of hydrogen-bond donors (Lipinski definition) is 1. The average Bonchev–Trinajstić information content (AvgIpc) is 2.87. The predicted molar refractivity (Wildman–Crippen MR) is 78.5 cm³/mol. The van der Waals surface area contributed by atoms with Gasteiger partial charge < -0.3 is 14.5 Å². The molecule has 0 N–H and O–H groups in total. The summed E-state index contributed by atoms with van der Waals surface area (Å²) in [7, 11) is 1.72. The van der Waals surface area contributed by atoms with E-state index in [1.807, 2.05) is 9.80 Å². The van der Waals surface area contributed by atoms with Gasteiger partial charge in [0.1, 0.15) is 0 Å². The molecule has 2 heterocycles. The molecule has 19 heavy (non-hydrogen) atoms. The third kappa shape index (κ3) is 3.77. The van der Waals surface area contributed by atoms with Gasteiger partial charge in [-0.05, 0) is 13.3 Å². The van der Waals surface area contributed by atoms with E-state index in [0.29, 0.717) is 5.92 Å². The van der Waals surface area contributed by atoms with E-state index in [1.165, 1.54) is 0 Å². The summed E-state index contributed by atoms with van der Waals surface area (Å²) in [6.07, 6.45) is 1.06. The van der Waals surface area contributed by atoms with Gasteiger partial charge in [-0.2, -0.15) is 12.6 Å². The van der Waals surface area contributed by atoms with Crippen LogP contribution in [0.15, 0.2) is 0 Å². The topological polar surface area (TPSA) is 36.0 Å². The molecule has 0 aromatic carbocycles. The van der Waals surface area contributed by atoms with Crippen molar-refractivity contribution in [2.45, 2.75) is 18.7 Å². The van der Waals surface area contributed by atoms with Gasteiger partial charge in [0, 0.05) is 52.3 Å². The van der Waals surface area contributed by atoms with Gasteiger partial charge in [-0.3, -0.25) is 4.90 Å². The third-order valence-corrected chi connectivity index (χ3v) is 4.40. The number of carbonyl (C=O) groups is 1. The lowest BCUT2D eigenvalue weighted by Crippen LogP contribution is -2.53. The molecule has 2 aliphatic heterocycles. The van der Waals surface area contributed by atoms with Crippen LogP contribution in [0.5, 0.6) is 0 Å². The molecule has 2 aliphatic rings. The van der Waals surface area contributed by atoms with Crippen molar-refractivity contribution in [3.8, 4) is 0 Å². The zero-order chi connectivity index (χ0) is 13.8. The van der Waals surface area contributed by atoms with Gasteiger partial charge in [0.25, 0.3) is 0 Å². The summed E-state index contributed by atoms with van der Waals surface area (Å²) in [5.41, 5.74) is 0. The molecule has 0 aromatic heterocycles. The maximum absolute atomic E-state index is 12.4. The first-order chi connectivity index (χ1) is 9.11. The van der Waals surface area contributed by atoms with Crippen LogP contribution in [-0.4, -0.2) is 79.1 Å². The highest BCUT2D eigenvalue weighted by atomic mass is 32.1. The molecule has 110 valence electrons. The van der Waals surface area contributed by atoms with E-state index >= 15 is 0 Å². The fourth-order valence-electron chi connectivity index (χ4n) is 2.87. The lowest BCUT2D eigenvalue weighted by atomic mass is 10.1. The molecule has 2 saturated heterocycles. The molecule has 0 bridgehead atoms. The summed E-state index contributed by atoms with van der Waals surface area (Å²) in [5.74, 6) is 0.507. The Kier molecular flexibility index (Phi) is 5.36. The summed E-state index contributed by atoms with van der Waals surface area (Å²) in [6.45, 7) is 8.03. The Bertz CT molecular complexity index is 306. The van der Waals surface area contributed by atoms with Crippen molar-refractivity contribution >= 4 is 18.7 Å². The van der Waals surface area contributed by atoms with Crippen molar-refractivity contribution in [3.05, 3.63) is 0 Å². The van der Waals surface area contributed by atoms with E-state index in [-0.39, 0.29) is 11.4 Å². The fourth-order valence-corrected chi connectivity index (χ4v) is 3.10. The zero-order valence-electron chi connectivity index (χ0n) is 11.9. The molecule has 0 aromatic rings. The molecule has 2 unspecified atom stereocenters. The molecule has 2 rings (SSSR count). The molecule has 2 amide bonds. The van der Waals surface area contributed by atoms with Gasteiger partial charge in [-0.25, -0.2) is 4.79 Å². The molecule has 0 radical (unpaired) electrons. The van der Waals surface area contributed by atoms with Crippen LogP contribution >= 0.6 is 12.6 Å². The van der Waals surface area contributed by atoms with Crippen LogP contribution in [0, 0.1) is 5.92 Å². The first-order valence-electron chi connectivity index (χ1n) is 7.06. The van der Waals surface area contributed by atoms with E-state index in [4.69, 9.17) is 4.74 Å². The van der Waals surface area contributed by atoms with Crippen molar-refractivity contribution in [2.24, 2.45) is 5.92 Å². The van der Waals surface area contributed by atoms with Crippen molar-refractivity contribution in [3.63, 3.8) is 0 Å². The van der Waals surface area contributed by atoms with Crippen LogP contribution in [0.3, 0.4) is 0 Å². The van der Waals surface area contributed by atoms with Crippen LogP contribution in [-0.2, 0) is 4.74 Å². The lowest BCUT2D eigenvalue weighted by molar-refractivity contribution is 0.112. The molecule has 2 atom stereocenters. The number of thiol groups is 1. The maximum Gasteiger partial charge on any atom is 0.320 e. The van der Waals surface area contributed by atoms with E-state index in [9.17, 15) is 4.79 Å². The van der Waals surface area contributed by atoms with Gasteiger partial charge in [0.15, 0.2) is 0 Å². The molecule has 2 fully saturated rings. The lowest BCUT2D eigenvalue weighted by Gasteiger charge is -2.38. The van der Waals surface area contributed by atoms with Crippen LogP contribution in [0.1, 0.15) is 13.3 Å². The minimum absolute atomic E-state index is 0.199. The number of methoxy groups -OCH3 is 1. The molecular formula is C13H25N3O2S. The Hall–Kier alpha value is -0.460. The molecule has 6 heteroatoms. The van der Waals surface area contributed by atoms with Crippen LogP contribution in [0.2, 0.25) is 0 Å². The Balaban J connectivity index is 1.79. The maximum atomic E-state index is 12.4. The van der Waals surface area contributed by atoms with Crippen LogP contribution < -0.4 is 0 Å². The third-order valence-electron chi connectivity index (χ3n) is 4.07. The number of carbonyl (C=O) groups excluding carboxylic acids is 1. The van der Waals surface area contributed by atoms with Crippen molar-refractivity contribution in [1.82, 2.24) is 14.7 Å².